The Hall–Kier alpha value is -2.09. The van der Waals surface area contributed by atoms with Crippen LogP contribution >= 0.6 is 11.6 Å². The fourth-order valence-electron chi connectivity index (χ4n) is 3.22. The van der Waals surface area contributed by atoms with Crippen LogP contribution in [0.4, 0.5) is 11.4 Å². The van der Waals surface area contributed by atoms with Crippen molar-refractivity contribution >= 4 is 38.9 Å². The Kier molecular flexibility index (Phi) is 8.74. The molecule has 176 valence electrons. The van der Waals surface area contributed by atoms with Gasteiger partial charge in [0.1, 0.15) is 0 Å². The van der Waals surface area contributed by atoms with E-state index in [1.54, 1.807) is 18.2 Å². The molecule has 0 spiro atoms. The fourth-order valence-corrected chi connectivity index (χ4v) is 5.27. The van der Waals surface area contributed by atoms with E-state index >= 15 is 0 Å². The van der Waals surface area contributed by atoms with Gasteiger partial charge in [-0.25, -0.2) is 8.42 Å². The van der Waals surface area contributed by atoms with Crippen molar-refractivity contribution in [1.29, 1.82) is 0 Å². The molecule has 0 unspecified atom stereocenters. The van der Waals surface area contributed by atoms with Crippen LogP contribution in [0.1, 0.15) is 40.2 Å². The molecule has 0 saturated carbocycles. The standard InChI is InChI=1S/C24H34ClN3O3S/c1-16(2)18(5)28(32(30,31)22-10-8-9-20(25)14-22)15-19-13-21(26-24(29)17(3)4)11-12-23(19)27(6)7/h8-14,16-18H,15H2,1-7H3,(H,26,29)/t18-/m0/s1. The van der Waals surface area contributed by atoms with Crippen LogP contribution in [0.5, 0.6) is 0 Å². The first-order chi connectivity index (χ1) is 14.8. The van der Waals surface area contributed by atoms with Crippen LogP contribution in [-0.4, -0.2) is 38.8 Å². The van der Waals surface area contributed by atoms with Crippen molar-refractivity contribution in [3.63, 3.8) is 0 Å². The molecule has 0 fully saturated rings. The molecular formula is C24H34ClN3O3S. The van der Waals surface area contributed by atoms with Crippen LogP contribution in [0.2, 0.25) is 5.02 Å². The first-order valence-electron chi connectivity index (χ1n) is 10.7. The smallest absolute Gasteiger partial charge is 0.243 e. The Morgan fingerprint density at radius 1 is 1.03 bits per heavy atom. The average molecular weight is 480 g/mol. The van der Waals surface area contributed by atoms with Gasteiger partial charge in [-0.2, -0.15) is 4.31 Å². The summed E-state index contributed by atoms with van der Waals surface area (Å²) in [7, 11) is 0.00443. The third-order valence-corrected chi connectivity index (χ3v) is 7.66. The van der Waals surface area contributed by atoms with Crippen molar-refractivity contribution in [1.82, 2.24) is 4.31 Å². The Labute approximate surface area is 197 Å². The molecule has 2 aromatic carbocycles. The van der Waals surface area contributed by atoms with Gasteiger partial charge in [0.25, 0.3) is 0 Å². The third kappa shape index (κ3) is 6.24. The highest BCUT2D eigenvalue weighted by Gasteiger charge is 2.32. The minimum absolute atomic E-state index is 0.0903. The third-order valence-electron chi connectivity index (χ3n) is 5.50. The summed E-state index contributed by atoms with van der Waals surface area (Å²) in [6.07, 6.45) is 0. The van der Waals surface area contributed by atoms with Crippen molar-refractivity contribution in [2.45, 2.75) is 52.1 Å². The van der Waals surface area contributed by atoms with Crippen molar-refractivity contribution < 1.29 is 13.2 Å². The normalized spacial score (nSPS) is 13.0. The molecule has 0 heterocycles. The molecule has 6 nitrogen and oxygen atoms in total. The van der Waals surface area contributed by atoms with Gasteiger partial charge in [0, 0.05) is 49.0 Å². The molecule has 8 heteroatoms. The maximum absolute atomic E-state index is 13.7. The number of benzene rings is 2. The summed E-state index contributed by atoms with van der Waals surface area (Å²) in [5.74, 6) is -0.157. The van der Waals surface area contributed by atoms with E-state index in [-0.39, 0.29) is 35.2 Å². The minimum atomic E-state index is -3.81. The lowest BCUT2D eigenvalue weighted by molar-refractivity contribution is -0.118. The number of amides is 1. The van der Waals surface area contributed by atoms with Gasteiger partial charge >= 0.3 is 0 Å². The summed E-state index contributed by atoms with van der Waals surface area (Å²) < 4.78 is 28.8. The summed E-state index contributed by atoms with van der Waals surface area (Å²) >= 11 is 6.09. The van der Waals surface area contributed by atoms with E-state index in [4.69, 9.17) is 11.6 Å². The fraction of sp³-hybridized carbons (Fsp3) is 0.458. The zero-order valence-corrected chi connectivity index (χ0v) is 21.5. The number of carbonyl (C=O) groups excluding carboxylic acids is 1. The number of rotatable bonds is 9. The molecule has 0 aliphatic rings. The van der Waals surface area contributed by atoms with E-state index in [1.165, 1.54) is 10.4 Å². The van der Waals surface area contributed by atoms with Crippen LogP contribution in [0.25, 0.3) is 0 Å². The van der Waals surface area contributed by atoms with Crippen molar-refractivity contribution in [2.75, 3.05) is 24.3 Å². The molecule has 1 atom stereocenters. The number of sulfonamides is 1. The lowest BCUT2D eigenvalue weighted by Crippen LogP contribution is -2.41. The predicted octanol–water partition coefficient (Wildman–Crippen LogP) is 5.24. The van der Waals surface area contributed by atoms with E-state index in [0.29, 0.717) is 10.7 Å². The number of nitrogens with zero attached hydrogens (tertiary/aromatic N) is 2. The molecule has 0 radical (unpaired) electrons. The Morgan fingerprint density at radius 3 is 2.22 bits per heavy atom. The minimum Gasteiger partial charge on any atom is -0.377 e. The predicted molar refractivity (Wildman–Crippen MR) is 133 cm³/mol. The van der Waals surface area contributed by atoms with Gasteiger partial charge in [-0.05, 0) is 54.8 Å². The highest BCUT2D eigenvalue weighted by Crippen LogP contribution is 2.30. The van der Waals surface area contributed by atoms with E-state index in [9.17, 15) is 13.2 Å². The summed E-state index contributed by atoms with van der Waals surface area (Å²) in [5, 5.41) is 3.28. The van der Waals surface area contributed by atoms with Crippen molar-refractivity contribution in [3.8, 4) is 0 Å². The first kappa shape index (κ1) is 26.2. The molecule has 0 aliphatic heterocycles. The van der Waals surface area contributed by atoms with Gasteiger partial charge in [-0.1, -0.05) is 45.4 Å². The van der Waals surface area contributed by atoms with E-state index in [1.807, 2.05) is 71.8 Å². The highest BCUT2D eigenvalue weighted by molar-refractivity contribution is 7.89. The summed E-state index contributed by atoms with van der Waals surface area (Å²) in [4.78, 5) is 14.3. The molecule has 32 heavy (non-hydrogen) atoms. The van der Waals surface area contributed by atoms with Crippen molar-refractivity contribution in [2.24, 2.45) is 11.8 Å². The van der Waals surface area contributed by atoms with Crippen molar-refractivity contribution in [3.05, 3.63) is 53.1 Å². The summed E-state index contributed by atoms with van der Waals surface area (Å²) in [5.41, 5.74) is 2.33. The second-order valence-electron chi connectivity index (χ2n) is 8.87. The molecule has 0 aliphatic carbocycles. The molecule has 0 saturated heterocycles. The second kappa shape index (κ2) is 10.7. The van der Waals surface area contributed by atoms with Gasteiger partial charge in [0.05, 0.1) is 4.90 Å². The van der Waals surface area contributed by atoms with E-state index < -0.39 is 10.0 Å². The van der Waals surface area contributed by atoms with Gasteiger partial charge < -0.3 is 10.2 Å². The van der Waals surface area contributed by atoms with Crippen LogP contribution in [-0.2, 0) is 21.4 Å². The monoisotopic (exact) mass is 479 g/mol. The molecule has 1 N–H and O–H groups in total. The molecule has 2 rings (SSSR count). The average Bonchev–Trinajstić information content (AvgIpc) is 2.71. The van der Waals surface area contributed by atoms with Crippen LogP contribution in [0, 0.1) is 11.8 Å². The second-order valence-corrected chi connectivity index (χ2v) is 11.2. The zero-order valence-electron chi connectivity index (χ0n) is 19.9. The molecule has 0 bridgehead atoms. The molecule has 0 aromatic heterocycles. The SMILES string of the molecule is CC(C)C(=O)Nc1ccc(N(C)C)c(CN([C@@H](C)C(C)C)S(=O)(=O)c2cccc(Cl)c2)c1. The van der Waals surface area contributed by atoms with Crippen LogP contribution < -0.4 is 10.2 Å². The largest absolute Gasteiger partial charge is 0.377 e. The maximum atomic E-state index is 13.7. The Morgan fingerprint density at radius 2 is 1.69 bits per heavy atom. The number of carbonyl (C=O) groups is 1. The number of anilines is 2. The molecule has 1 amide bonds. The highest BCUT2D eigenvalue weighted by atomic mass is 35.5. The Balaban J connectivity index is 2.56. The van der Waals surface area contributed by atoms with Gasteiger partial charge in [0.15, 0.2) is 0 Å². The molecular weight excluding hydrogens is 446 g/mol. The van der Waals surface area contributed by atoms with E-state index in [2.05, 4.69) is 5.32 Å². The number of hydrogen-bond acceptors (Lipinski definition) is 4. The zero-order chi connectivity index (χ0) is 24.2. The van der Waals surface area contributed by atoms with Gasteiger partial charge in [0.2, 0.25) is 15.9 Å². The lowest BCUT2D eigenvalue weighted by atomic mass is 10.1. The lowest BCUT2D eigenvalue weighted by Gasteiger charge is -2.32. The number of hydrogen-bond donors (Lipinski definition) is 1. The quantitative estimate of drug-likeness (QED) is 0.534. The van der Waals surface area contributed by atoms with Gasteiger partial charge in [-0.15, -0.1) is 0 Å². The van der Waals surface area contributed by atoms with Crippen LogP contribution in [0.15, 0.2) is 47.4 Å². The summed E-state index contributed by atoms with van der Waals surface area (Å²) in [6, 6.07) is 11.7. The van der Waals surface area contributed by atoms with Crippen LogP contribution in [0.3, 0.4) is 0 Å². The number of nitrogens with one attached hydrogen (secondary N) is 1. The summed E-state index contributed by atoms with van der Waals surface area (Å²) in [6.45, 7) is 9.72. The first-order valence-corrected chi connectivity index (χ1v) is 12.5. The van der Waals surface area contributed by atoms with E-state index in [0.717, 1.165) is 11.3 Å². The van der Waals surface area contributed by atoms with Gasteiger partial charge in [-0.3, -0.25) is 4.79 Å². The topological polar surface area (TPSA) is 69.7 Å². The Bertz CT molecular complexity index is 1050. The maximum Gasteiger partial charge on any atom is 0.243 e. The number of halogens is 1. The molecule has 2 aromatic rings.